The summed E-state index contributed by atoms with van der Waals surface area (Å²) in [5.41, 5.74) is 0. The van der Waals surface area contributed by atoms with E-state index in [9.17, 15) is 5.11 Å². The van der Waals surface area contributed by atoms with Crippen molar-refractivity contribution in [1.29, 1.82) is 0 Å². The van der Waals surface area contributed by atoms with Crippen LogP contribution in [0.25, 0.3) is 0 Å². The molecule has 0 aromatic heterocycles. The average molecular weight is 202 g/mol. The zero-order valence-corrected chi connectivity index (χ0v) is 9.71. The van der Waals surface area contributed by atoms with E-state index in [1.54, 1.807) is 0 Å². The fraction of sp³-hybridized carbons (Fsp3) is 1.00. The van der Waals surface area contributed by atoms with Crippen LogP contribution < -0.4 is 0 Å². The second kappa shape index (κ2) is 9.51. The van der Waals surface area contributed by atoms with Crippen LogP contribution in [-0.2, 0) is 0 Å². The van der Waals surface area contributed by atoms with Gasteiger partial charge >= 0.3 is 0 Å². The summed E-state index contributed by atoms with van der Waals surface area (Å²) in [7, 11) is 0. The SMILES string of the molecule is C.CC.CCC(C)C1CCC(O)CC1. The molecule has 1 N–H and O–H groups in total. The van der Waals surface area contributed by atoms with Gasteiger partial charge in [0, 0.05) is 0 Å². The van der Waals surface area contributed by atoms with Gasteiger partial charge in [-0.2, -0.15) is 0 Å². The van der Waals surface area contributed by atoms with Crippen molar-refractivity contribution in [3.8, 4) is 0 Å². The molecule has 14 heavy (non-hydrogen) atoms. The van der Waals surface area contributed by atoms with Gasteiger partial charge in [0.05, 0.1) is 6.10 Å². The van der Waals surface area contributed by atoms with E-state index in [4.69, 9.17) is 0 Å². The quantitative estimate of drug-likeness (QED) is 0.710. The van der Waals surface area contributed by atoms with Crippen molar-refractivity contribution >= 4 is 0 Å². The molecule has 1 rings (SSSR count). The maximum atomic E-state index is 9.28. The Morgan fingerprint density at radius 1 is 1.14 bits per heavy atom. The Balaban J connectivity index is 0. The van der Waals surface area contributed by atoms with Crippen LogP contribution in [0.5, 0.6) is 0 Å². The lowest BCUT2D eigenvalue weighted by atomic mass is 9.79. The molecule has 0 heterocycles. The van der Waals surface area contributed by atoms with E-state index in [1.165, 1.54) is 19.3 Å². The molecule has 0 aliphatic heterocycles. The minimum Gasteiger partial charge on any atom is -0.393 e. The van der Waals surface area contributed by atoms with Crippen LogP contribution in [0.3, 0.4) is 0 Å². The summed E-state index contributed by atoms with van der Waals surface area (Å²) < 4.78 is 0. The first-order valence-corrected chi connectivity index (χ1v) is 5.92. The van der Waals surface area contributed by atoms with E-state index < -0.39 is 0 Å². The standard InChI is InChI=1S/C10H20O.C2H6.CH4/c1-3-8(2)9-4-6-10(11)7-5-9;1-2;/h8-11H,3-7H2,1-2H3;1-2H3;1H4. The van der Waals surface area contributed by atoms with E-state index in [0.29, 0.717) is 0 Å². The van der Waals surface area contributed by atoms with Gasteiger partial charge in [0.1, 0.15) is 0 Å². The molecule has 1 nitrogen and oxygen atoms in total. The summed E-state index contributed by atoms with van der Waals surface area (Å²) in [4.78, 5) is 0. The van der Waals surface area contributed by atoms with Crippen LogP contribution in [0.1, 0.15) is 67.2 Å². The number of hydrogen-bond donors (Lipinski definition) is 1. The van der Waals surface area contributed by atoms with E-state index in [0.717, 1.165) is 24.7 Å². The third kappa shape index (κ3) is 5.64. The van der Waals surface area contributed by atoms with Crippen LogP contribution in [0, 0.1) is 11.8 Å². The molecule has 0 spiro atoms. The number of rotatable bonds is 2. The molecule has 1 saturated carbocycles. The highest BCUT2D eigenvalue weighted by Gasteiger charge is 2.22. The minimum absolute atomic E-state index is 0. The third-order valence-corrected chi connectivity index (χ3v) is 3.19. The van der Waals surface area contributed by atoms with E-state index in [1.807, 2.05) is 13.8 Å². The lowest BCUT2D eigenvalue weighted by molar-refractivity contribution is 0.0930. The van der Waals surface area contributed by atoms with Gasteiger partial charge in [-0.25, -0.2) is 0 Å². The summed E-state index contributed by atoms with van der Waals surface area (Å²) >= 11 is 0. The molecule has 0 bridgehead atoms. The van der Waals surface area contributed by atoms with Crippen molar-refractivity contribution < 1.29 is 5.11 Å². The molecular formula is C13H30O. The topological polar surface area (TPSA) is 20.2 Å². The predicted octanol–water partition coefficient (Wildman–Crippen LogP) is 4.25. The Morgan fingerprint density at radius 3 is 1.93 bits per heavy atom. The highest BCUT2D eigenvalue weighted by molar-refractivity contribution is 4.74. The summed E-state index contributed by atoms with van der Waals surface area (Å²) in [5.74, 6) is 1.76. The van der Waals surface area contributed by atoms with E-state index >= 15 is 0 Å². The summed E-state index contributed by atoms with van der Waals surface area (Å²) in [6.07, 6.45) is 5.87. The van der Waals surface area contributed by atoms with Crippen LogP contribution in [-0.4, -0.2) is 11.2 Å². The van der Waals surface area contributed by atoms with Gasteiger partial charge in [0.2, 0.25) is 0 Å². The second-order valence-electron chi connectivity index (χ2n) is 3.95. The minimum atomic E-state index is 0. The maximum Gasteiger partial charge on any atom is 0.0540 e. The Morgan fingerprint density at radius 2 is 1.57 bits per heavy atom. The van der Waals surface area contributed by atoms with Crippen LogP contribution in [0.2, 0.25) is 0 Å². The monoisotopic (exact) mass is 202 g/mol. The normalized spacial score (nSPS) is 28.1. The molecule has 1 heteroatoms. The molecule has 88 valence electrons. The molecular weight excluding hydrogens is 172 g/mol. The van der Waals surface area contributed by atoms with Crippen LogP contribution >= 0.6 is 0 Å². The number of aliphatic hydroxyl groups is 1. The largest absolute Gasteiger partial charge is 0.393 e. The lowest BCUT2D eigenvalue weighted by Gasteiger charge is -2.29. The highest BCUT2D eigenvalue weighted by Crippen LogP contribution is 2.31. The Labute approximate surface area is 90.9 Å². The molecule has 0 saturated heterocycles. The average Bonchev–Trinajstić information content (AvgIpc) is 2.21. The van der Waals surface area contributed by atoms with Gasteiger partial charge in [0.15, 0.2) is 0 Å². The highest BCUT2D eigenvalue weighted by atomic mass is 16.3. The van der Waals surface area contributed by atoms with E-state index in [-0.39, 0.29) is 13.5 Å². The van der Waals surface area contributed by atoms with Crippen LogP contribution in [0.4, 0.5) is 0 Å². The zero-order chi connectivity index (χ0) is 10.3. The first-order valence-electron chi connectivity index (χ1n) is 5.92. The molecule has 1 unspecified atom stereocenters. The molecule has 0 aromatic carbocycles. The van der Waals surface area contributed by atoms with Gasteiger partial charge in [-0.05, 0) is 37.5 Å². The molecule has 0 aromatic rings. The first kappa shape index (κ1) is 16.4. The van der Waals surface area contributed by atoms with Gasteiger partial charge in [-0.1, -0.05) is 41.5 Å². The Bertz CT molecular complexity index is 104. The summed E-state index contributed by atoms with van der Waals surface area (Å²) in [6.45, 7) is 8.60. The smallest absolute Gasteiger partial charge is 0.0540 e. The lowest BCUT2D eigenvalue weighted by Crippen LogP contribution is -2.22. The second-order valence-corrected chi connectivity index (χ2v) is 3.95. The van der Waals surface area contributed by atoms with Gasteiger partial charge < -0.3 is 5.11 Å². The van der Waals surface area contributed by atoms with Crippen molar-refractivity contribution in [3.63, 3.8) is 0 Å². The number of aliphatic hydroxyl groups excluding tert-OH is 1. The molecule has 1 aliphatic carbocycles. The van der Waals surface area contributed by atoms with Crippen molar-refractivity contribution in [2.75, 3.05) is 0 Å². The summed E-state index contributed by atoms with van der Waals surface area (Å²) in [5, 5.41) is 9.28. The maximum absolute atomic E-state index is 9.28. The Hall–Kier alpha value is -0.0400. The fourth-order valence-electron chi connectivity index (χ4n) is 2.00. The van der Waals surface area contributed by atoms with Gasteiger partial charge in [-0.15, -0.1) is 0 Å². The molecule has 1 aliphatic rings. The molecule has 1 fully saturated rings. The van der Waals surface area contributed by atoms with Crippen molar-refractivity contribution in [2.45, 2.75) is 73.3 Å². The predicted molar refractivity (Wildman–Crippen MR) is 65.5 cm³/mol. The van der Waals surface area contributed by atoms with Crippen LogP contribution in [0.15, 0.2) is 0 Å². The van der Waals surface area contributed by atoms with Crippen molar-refractivity contribution in [3.05, 3.63) is 0 Å². The molecule has 0 amide bonds. The van der Waals surface area contributed by atoms with Gasteiger partial charge in [-0.3, -0.25) is 0 Å². The Kier molecular flexibility index (Phi) is 11.1. The van der Waals surface area contributed by atoms with Crippen molar-refractivity contribution in [1.82, 2.24) is 0 Å². The molecule has 0 radical (unpaired) electrons. The first-order chi connectivity index (χ1) is 6.24. The fourth-order valence-corrected chi connectivity index (χ4v) is 2.00. The third-order valence-electron chi connectivity index (χ3n) is 3.19. The summed E-state index contributed by atoms with van der Waals surface area (Å²) in [6, 6.07) is 0. The number of hydrogen-bond acceptors (Lipinski definition) is 1. The van der Waals surface area contributed by atoms with E-state index in [2.05, 4.69) is 13.8 Å². The zero-order valence-electron chi connectivity index (χ0n) is 9.71. The van der Waals surface area contributed by atoms with Gasteiger partial charge in [0.25, 0.3) is 0 Å². The molecule has 1 atom stereocenters. The van der Waals surface area contributed by atoms with Crippen molar-refractivity contribution in [2.24, 2.45) is 11.8 Å².